The zero-order valence-electron chi connectivity index (χ0n) is 16.4. The summed E-state index contributed by atoms with van der Waals surface area (Å²) < 4.78 is 23.3. The van der Waals surface area contributed by atoms with E-state index in [1.807, 2.05) is 6.07 Å². The minimum absolute atomic E-state index is 0.00228. The highest BCUT2D eigenvalue weighted by molar-refractivity contribution is 8.23. The molecule has 10 heteroatoms. The molecule has 2 aromatic carbocycles. The molecule has 1 aliphatic heterocycles. The molecule has 1 aliphatic rings. The van der Waals surface area contributed by atoms with Gasteiger partial charge in [-0.15, -0.1) is 0 Å². The van der Waals surface area contributed by atoms with Gasteiger partial charge in [0.25, 0.3) is 0 Å². The first-order valence-corrected chi connectivity index (χ1v) is 12.4. The molecule has 0 atom stereocenters. The number of anilines is 1. The van der Waals surface area contributed by atoms with Crippen molar-refractivity contribution in [3.05, 3.63) is 60.2 Å². The first-order valence-electron chi connectivity index (χ1n) is 9.42. The lowest BCUT2D eigenvalue weighted by atomic mass is 10.2. The van der Waals surface area contributed by atoms with Gasteiger partial charge in [0.05, 0.1) is 10.6 Å². The van der Waals surface area contributed by atoms with E-state index >= 15 is 0 Å². The van der Waals surface area contributed by atoms with Crippen molar-refractivity contribution in [1.29, 1.82) is 0 Å². The summed E-state index contributed by atoms with van der Waals surface area (Å²) in [5.41, 5.74) is 1.81. The van der Waals surface area contributed by atoms with Crippen LogP contribution in [-0.4, -0.2) is 60.4 Å². The normalized spacial score (nSPS) is 15.0. The Morgan fingerprint density at radius 2 is 1.67 bits per heavy atom. The van der Waals surface area contributed by atoms with E-state index in [1.54, 1.807) is 0 Å². The van der Waals surface area contributed by atoms with Crippen molar-refractivity contribution in [2.75, 3.05) is 37.2 Å². The second-order valence-corrected chi connectivity index (χ2v) is 10.1. The summed E-state index contributed by atoms with van der Waals surface area (Å²) in [6.07, 6.45) is 0. The smallest absolute Gasteiger partial charge is 0.238 e. The van der Waals surface area contributed by atoms with Crippen LogP contribution >= 0.6 is 24.0 Å². The number of thiocarbonyl (C=S) groups is 1. The summed E-state index contributed by atoms with van der Waals surface area (Å²) in [5, 5.41) is 7.80. The highest BCUT2D eigenvalue weighted by Gasteiger charge is 2.20. The van der Waals surface area contributed by atoms with Gasteiger partial charge in [-0.2, -0.15) is 0 Å². The molecule has 3 rings (SSSR count). The first kappa shape index (κ1) is 22.7. The Labute approximate surface area is 186 Å². The van der Waals surface area contributed by atoms with Gasteiger partial charge in [-0.3, -0.25) is 9.69 Å². The summed E-state index contributed by atoms with van der Waals surface area (Å²) in [6.45, 7) is 4.47. The number of sulfonamides is 1. The maximum absolute atomic E-state index is 12.2. The van der Waals surface area contributed by atoms with Gasteiger partial charge in [-0.1, -0.05) is 54.3 Å². The Morgan fingerprint density at radius 1 is 1.03 bits per heavy atom. The number of amides is 1. The van der Waals surface area contributed by atoms with E-state index in [9.17, 15) is 13.2 Å². The third-order valence-corrected chi connectivity index (χ3v) is 7.13. The van der Waals surface area contributed by atoms with Gasteiger partial charge in [0.15, 0.2) is 0 Å². The zero-order valence-corrected chi connectivity index (χ0v) is 18.8. The molecule has 1 saturated heterocycles. The van der Waals surface area contributed by atoms with E-state index in [0.717, 1.165) is 32.7 Å². The molecule has 0 saturated carbocycles. The van der Waals surface area contributed by atoms with Gasteiger partial charge in [-0.25, -0.2) is 13.6 Å². The van der Waals surface area contributed by atoms with Gasteiger partial charge in [0.1, 0.15) is 4.32 Å². The van der Waals surface area contributed by atoms with E-state index in [1.165, 1.54) is 41.6 Å². The average Bonchev–Trinajstić information content (AvgIpc) is 2.73. The molecule has 1 heterocycles. The Kier molecular flexibility index (Phi) is 7.84. The highest BCUT2D eigenvalue weighted by atomic mass is 32.2. The number of nitrogens with two attached hydrogens (primary N) is 1. The fourth-order valence-electron chi connectivity index (χ4n) is 3.07. The van der Waals surface area contributed by atoms with E-state index in [0.29, 0.717) is 10.0 Å². The molecular formula is C20H24N4O3S3. The van der Waals surface area contributed by atoms with E-state index in [4.69, 9.17) is 17.4 Å². The van der Waals surface area contributed by atoms with Crippen molar-refractivity contribution in [3.63, 3.8) is 0 Å². The molecule has 3 N–H and O–H groups in total. The minimum atomic E-state index is -3.75. The molecule has 0 bridgehead atoms. The third-order valence-electron chi connectivity index (χ3n) is 4.67. The lowest BCUT2D eigenvalue weighted by molar-refractivity contribution is -0.113. The summed E-state index contributed by atoms with van der Waals surface area (Å²) in [5.74, 6) is -0.00609. The van der Waals surface area contributed by atoms with Crippen molar-refractivity contribution in [2.24, 2.45) is 5.14 Å². The van der Waals surface area contributed by atoms with Crippen LogP contribution in [0.2, 0.25) is 0 Å². The van der Waals surface area contributed by atoms with Gasteiger partial charge in [0.2, 0.25) is 15.9 Å². The molecule has 0 radical (unpaired) electrons. The molecular weight excluding hydrogens is 440 g/mol. The molecule has 30 heavy (non-hydrogen) atoms. The number of carbonyl (C=O) groups excluding carboxylic acids is 1. The number of primary sulfonamides is 1. The Balaban J connectivity index is 1.39. The molecule has 1 fully saturated rings. The van der Waals surface area contributed by atoms with Crippen LogP contribution in [0.1, 0.15) is 5.56 Å². The van der Waals surface area contributed by atoms with Gasteiger partial charge in [-0.05, 0) is 29.8 Å². The van der Waals surface area contributed by atoms with Crippen molar-refractivity contribution >= 4 is 49.9 Å². The predicted molar refractivity (Wildman–Crippen MR) is 125 cm³/mol. The standard InChI is InChI=1S/C20H24N4O3S3/c21-30(26,27)18-8-6-17(7-9-18)22-19(25)15-29-20(28)24-12-10-23(11-13-24)14-16-4-2-1-3-5-16/h1-9H,10-15H2,(H,22,25)(H2,21,26,27). The van der Waals surface area contributed by atoms with Crippen LogP contribution in [-0.2, 0) is 21.4 Å². The van der Waals surface area contributed by atoms with Gasteiger partial charge >= 0.3 is 0 Å². The van der Waals surface area contributed by atoms with E-state index in [-0.39, 0.29) is 16.6 Å². The maximum atomic E-state index is 12.2. The number of piperazine rings is 1. The molecule has 0 unspecified atom stereocenters. The average molecular weight is 465 g/mol. The van der Waals surface area contributed by atoms with Crippen LogP contribution in [0.25, 0.3) is 0 Å². The molecule has 2 aromatic rings. The SMILES string of the molecule is NS(=O)(=O)c1ccc(NC(=O)CSC(=S)N2CCN(Cc3ccccc3)CC2)cc1. The second-order valence-electron chi connectivity index (χ2n) is 6.92. The monoisotopic (exact) mass is 464 g/mol. The lowest BCUT2D eigenvalue weighted by Crippen LogP contribution is -2.47. The largest absolute Gasteiger partial charge is 0.355 e. The van der Waals surface area contributed by atoms with E-state index < -0.39 is 10.0 Å². The summed E-state index contributed by atoms with van der Waals surface area (Å²) in [4.78, 5) is 16.7. The third kappa shape index (κ3) is 6.78. The highest BCUT2D eigenvalue weighted by Crippen LogP contribution is 2.16. The summed E-state index contributed by atoms with van der Waals surface area (Å²) in [7, 11) is -3.75. The van der Waals surface area contributed by atoms with Crippen molar-refractivity contribution in [3.8, 4) is 0 Å². The van der Waals surface area contributed by atoms with Gasteiger partial charge in [0, 0.05) is 38.4 Å². The summed E-state index contributed by atoms with van der Waals surface area (Å²) >= 11 is 6.83. The van der Waals surface area contributed by atoms with E-state index in [2.05, 4.69) is 39.4 Å². The number of nitrogens with one attached hydrogen (secondary N) is 1. The zero-order chi connectivity index (χ0) is 21.6. The number of hydrogen-bond donors (Lipinski definition) is 2. The molecule has 0 aromatic heterocycles. The first-order chi connectivity index (χ1) is 14.3. The van der Waals surface area contributed by atoms with Crippen LogP contribution in [0, 0.1) is 0 Å². The fourth-order valence-corrected chi connectivity index (χ4v) is 4.64. The quantitative estimate of drug-likeness (QED) is 0.632. The van der Waals surface area contributed by atoms with Crippen molar-refractivity contribution in [1.82, 2.24) is 9.80 Å². The fraction of sp³-hybridized carbons (Fsp3) is 0.300. The number of thioether (sulfide) groups is 1. The lowest BCUT2D eigenvalue weighted by Gasteiger charge is -2.35. The molecule has 7 nitrogen and oxygen atoms in total. The second kappa shape index (κ2) is 10.4. The number of rotatable bonds is 6. The molecule has 0 aliphatic carbocycles. The van der Waals surface area contributed by atoms with Crippen LogP contribution in [0.15, 0.2) is 59.5 Å². The van der Waals surface area contributed by atoms with Crippen molar-refractivity contribution in [2.45, 2.75) is 11.4 Å². The topological polar surface area (TPSA) is 95.7 Å². The molecule has 0 spiro atoms. The van der Waals surface area contributed by atoms with Crippen LogP contribution in [0.3, 0.4) is 0 Å². The summed E-state index contributed by atoms with van der Waals surface area (Å²) in [6, 6.07) is 16.1. The predicted octanol–water partition coefficient (Wildman–Crippen LogP) is 2.11. The number of nitrogens with zero attached hydrogens (tertiary/aromatic N) is 2. The Hall–Kier alpha value is -1.98. The van der Waals surface area contributed by atoms with Crippen LogP contribution in [0.5, 0.6) is 0 Å². The number of carbonyl (C=O) groups is 1. The maximum Gasteiger partial charge on any atom is 0.238 e. The number of hydrogen-bond acceptors (Lipinski definition) is 6. The molecule has 1 amide bonds. The van der Waals surface area contributed by atoms with Gasteiger partial charge < -0.3 is 10.2 Å². The Morgan fingerprint density at radius 3 is 2.27 bits per heavy atom. The molecule has 160 valence electrons. The minimum Gasteiger partial charge on any atom is -0.355 e. The Bertz CT molecular complexity index is 974. The van der Waals surface area contributed by atoms with Crippen LogP contribution < -0.4 is 10.5 Å². The van der Waals surface area contributed by atoms with Crippen molar-refractivity contribution < 1.29 is 13.2 Å². The van der Waals surface area contributed by atoms with Crippen LogP contribution in [0.4, 0.5) is 5.69 Å². The number of benzene rings is 2.